The van der Waals surface area contributed by atoms with Crippen molar-refractivity contribution in [3.8, 4) is 11.4 Å². The van der Waals surface area contributed by atoms with E-state index < -0.39 is 10.8 Å². The summed E-state index contributed by atoms with van der Waals surface area (Å²) < 4.78 is 1.52. The van der Waals surface area contributed by atoms with Gasteiger partial charge in [-0.3, -0.25) is 14.9 Å². The third-order valence-electron chi connectivity index (χ3n) is 3.67. The first-order valence-corrected chi connectivity index (χ1v) is 7.35. The number of hydrogen-bond donors (Lipinski definition) is 1. The second-order valence-electron chi connectivity index (χ2n) is 5.42. The molecular formula is C16H14N6O3. The van der Waals surface area contributed by atoms with Gasteiger partial charge in [0.2, 0.25) is 0 Å². The number of tetrazole rings is 1. The maximum absolute atomic E-state index is 12.4. The highest BCUT2D eigenvalue weighted by molar-refractivity contribution is 6.05. The molecule has 0 unspecified atom stereocenters. The lowest BCUT2D eigenvalue weighted by molar-refractivity contribution is -0.385. The van der Waals surface area contributed by atoms with Crippen LogP contribution in [0, 0.1) is 17.0 Å². The lowest BCUT2D eigenvalue weighted by Crippen LogP contribution is -2.12. The number of aryl methyl sites for hydroxylation is 2. The van der Waals surface area contributed by atoms with Crippen LogP contribution in [-0.2, 0) is 7.05 Å². The molecule has 0 aliphatic rings. The van der Waals surface area contributed by atoms with E-state index in [1.165, 1.54) is 10.7 Å². The average molecular weight is 338 g/mol. The van der Waals surface area contributed by atoms with E-state index in [1.54, 1.807) is 44.3 Å². The monoisotopic (exact) mass is 338 g/mol. The van der Waals surface area contributed by atoms with Crippen molar-refractivity contribution in [2.24, 2.45) is 7.05 Å². The minimum Gasteiger partial charge on any atom is -0.322 e. The van der Waals surface area contributed by atoms with Crippen molar-refractivity contribution in [3.63, 3.8) is 0 Å². The molecule has 9 heteroatoms. The van der Waals surface area contributed by atoms with Crippen LogP contribution in [-0.4, -0.2) is 31.0 Å². The van der Waals surface area contributed by atoms with E-state index in [4.69, 9.17) is 0 Å². The van der Waals surface area contributed by atoms with Crippen molar-refractivity contribution in [1.29, 1.82) is 0 Å². The molecule has 0 fully saturated rings. The van der Waals surface area contributed by atoms with E-state index >= 15 is 0 Å². The van der Waals surface area contributed by atoms with Crippen LogP contribution < -0.4 is 5.32 Å². The number of rotatable bonds is 4. The highest BCUT2D eigenvalue weighted by atomic mass is 16.6. The fourth-order valence-corrected chi connectivity index (χ4v) is 2.36. The number of benzene rings is 2. The standard InChI is InChI=1S/C16H14N6O3/c1-10-6-7-12(9-14(10)22(24)25)16(23)17-13-5-3-4-11(8-13)15-18-19-20-21(15)2/h3-9H,1-2H3,(H,17,23). The zero-order chi connectivity index (χ0) is 18.0. The van der Waals surface area contributed by atoms with Gasteiger partial charge in [-0.1, -0.05) is 18.2 Å². The van der Waals surface area contributed by atoms with Gasteiger partial charge in [0.25, 0.3) is 11.6 Å². The number of hydrogen-bond acceptors (Lipinski definition) is 6. The normalized spacial score (nSPS) is 10.5. The van der Waals surface area contributed by atoms with E-state index in [0.717, 1.165) is 5.56 Å². The minimum absolute atomic E-state index is 0.0911. The molecule has 1 amide bonds. The zero-order valence-electron chi connectivity index (χ0n) is 13.5. The Hall–Kier alpha value is -3.62. The number of nitrogens with one attached hydrogen (secondary N) is 1. The van der Waals surface area contributed by atoms with Gasteiger partial charge in [0.1, 0.15) is 0 Å². The van der Waals surface area contributed by atoms with Gasteiger partial charge in [-0.2, -0.15) is 0 Å². The fraction of sp³-hybridized carbons (Fsp3) is 0.125. The number of carbonyl (C=O) groups is 1. The highest BCUT2D eigenvalue weighted by Gasteiger charge is 2.15. The number of anilines is 1. The van der Waals surface area contributed by atoms with Crippen LogP contribution >= 0.6 is 0 Å². The van der Waals surface area contributed by atoms with E-state index in [-0.39, 0.29) is 11.3 Å². The molecule has 0 bridgehead atoms. The summed E-state index contributed by atoms with van der Waals surface area (Å²) in [7, 11) is 1.71. The van der Waals surface area contributed by atoms with Crippen molar-refractivity contribution in [2.75, 3.05) is 5.32 Å². The van der Waals surface area contributed by atoms with Crippen molar-refractivity contribution in [2.45, 2.75) is 6.92 Å². The predicted octanol–water partition coefficient (Wildman–Crippen LogP) is 2.35. The molecule has 25 heavy (non-hydrogen) atoms. The Morgan fingerprint density at radius 1 is 1.24 bits per heavy atom. The molecule has 0 spiro atoms. The van der Waals surface area contributed by atoms with Crippen LogP contribution in [0.1, 0.15) is 15.9 Å². The van der Waals surface area contributed by atoms with E-state index in [9.17, 15) is 14.9 Å². The first-order valence-electron chi connectivity index (χ1n) is 7.35. The van der Waals surface area contributed by atoms with Gasteiger partial charge in [0.15, 0.2) is 5.82 Å². The molecule has 0 saturated heterocycles. The van der Waals surface area contributed by atoms with Crippen molar-refractivity contribution < 1.29 is 9.72 Å². The molecule has 9 nitrogen and oxygen atoms in total. The molecule has 0 saturated carbocycles. The molecular weight excluding hydrogens is 324 g/mol. The number of amides is 1. The maximum atomic E-state index is 12.4. The molecule has 0 atom stereocenters. The van der Waals surface area contributed by atoms with Gasteiger partial charge in [-0.25, -0.2) is 4.68 Å². The maximum Gasteiger partial charge on any atom is 0.273 e. The van der Waals surface area contributed by atoms with Crippen LogP contribution in [0.5, 0.6) is 0 Å². The average Bonchev–Trinajstić information content (AvgIpc) is 3.01. The van der Waals surface area contributed by atoms with Gasteiger partial charge in [0.05, 0.1) is 4.92 Å². The van der Waals surface area contributed by atoms with Crippen LogP contribution in [0.3, 0.4) is 0 Å². The molecule has 1 heterocycles. The van der Waals surface area contributed by atoms with Crippen LogP contribution in [0.15, 0.2) is 42.5 Å². The Morgan fingerprint density at radius 3 is 2.72 bits per heavy atom. The SMILES string of the molecule is Cc1ccc(C(=O)Nc2cccc(-c3nnnn3C)c2)cc1[N+](=O)[O-]. The Bertz CT molecular complexity index is 966. The van der Waals surface area contributed by atoms with Gasteiger partial charge in [0, 0.05) is 35.5 Å². The number of carbonyl (C=O) groups excluding carboxylic acids is 1. The fourth-order valence-electron chi connectivity index (χ4n) is 2.36. The summed E-state index contributed by atoms with van der Waals surface area (Å²) in [6.45, 7) is 1.62. The number of aromatic nitrogens is 4. The van der Waals surface area contributed by atoms with E-state index in [0.29, 0.717) is 17.1 Å². The van der Waals surface area contributed by atoms with Gasteiger partial charge in [-0.05, 0) is 35.5 Å². The van der Waals surface area contributed by atoms with Crippen LogP contribution in [0.4, 0.5) is 11.4 Å². The molecule has 3 rings (SSSR count). The number of nitro benzene ring substituents is 1. The summed E-state index contributed by atoms with van der Waals surface area (Å²) >= 11 is 0. The second-order valence-corrected chi connectivity index (χ2v) is 5.42. The topological polar surface area (TPSA) is 116 Å². The van der Waals surface area contributed by atoms with E-state index in [2.05, 4.69) is 20.8 Å². The summed E-state index contributed by atoms with van der Waals surface area (Å²) in [6, 6.07) is 11.4. The molecule has 0 radical (unpaired) electrons. The first-order chi connectivity index (χ1) is 12.0. The molecule has 0 aliphatic carbocycles. The van der Waals surface area contributed by atoms with Gasteiger partial charge < -0.3 is 5.32 Å². The summed E-state index contributed by atoms with van der Waals surface area (Å²) in [5, 5.41) is 25.0. The quantitative estimate of drug-likeness (QED) is 0.576. The van der Waals surface area contributed by atoms with Crippen LogP contribution in [0.2, 0.25) is 0 Å². The highest BCUT2D eigenvalue weighted by Crippen LogP contribution is 2.22. The van der Waals surface area contributed by atoms with Crippen molar-refractivity contribution in [3.05, 3.63) is 63.7 Å². The predicted molar refractivity (Wildman–Crippen MR) is 90.0 cm³/mol. The van der Waals surface area contributed by atoms with Crippen LogP contribution in [0.25, 0.3) is 11.4 Å². The Balaban J connectivity index is 1.86. The number of nitro groups is 1. The molecule has 0 aliphatic heterocycles. The molecule has 1 aromatic heterocycles. The molecule has 1 N–H and O–H groups in total. The Kier molecular flexibility index (Phi) is 4.21. The van der Waals surface area contributed by atoms with Gasteiger partial charge in [-0.15, -0.1) is 5.10 Å². The second kappa shape index (κ2) is 6.48. The minimum atomic E-state index is -0.506. The first kappa shape index (κ1) is 16.2. The van der Waals surface area contributed by atoms with Crippen molar-refractivity contribution in [1.82, 2.24) is 20.2 Å². The zero-order valence-corrected chi connectivity index (χ0v) is 13.5. The Morgan fingerprint density at radius 2 is 2.04 bits per heavy atom. The largest absolute Gasteiger partial charge is 0.322 e. The third-order valence-corrected chi connectivity index (χ3v) is 3.67. The third kappa shape index (κ3) is 3.34. The lowest BCUT2D eigenvalue weighted by atomic mass is 10.1. The molecule has 126 valence electrons. The van der Waals surface area contributed by atoms with E-state index in [1.807, 2.05) is 6.07 Å². The number of nitrogens with zero attached hydrogens (tertiary/aromatic N) is 5. The summed E-state index contributed by atoms with van der Waals surface area (Å²) in [5.74, 6) is 0.124. The molecule has 2 aromatic carbocycles. The Labute approximate surface area is 142 Å². The summed E-state index contributed by atoms with van der Waals surface area (Å²) in [4.78, 5) is 22.9. The van der Waals surface area contributed by atoms with Gasteiger partial charge >= 0.3 is 0 Å². The lowest BCUT2D eigenvalue weighted by Gasteiger charge is -2.07. The van der Waals surface area contributed by atoms with Crippen molar-refractivity contribution >= 4 is 17.3 Å². The summed E-state index contributed by atoms with van der Waals surface area (Å²) in [5.41, 5.74) is 1.89. The molecule has 3 aromatic rings. The summed E-state index contributed by atoms with van der Waals surface area (Å²) in [6.07, 6.45) is 0. The smallest absolute Gasteiger partial charge is 0.273 e.